The van der Waals surface area contributed by atoms with E-state index in [1.165, 1.54) is 11.9 Å². The number of urea groups is 1. The topological polar surface area (TPSA) is 92.1 Å². The van der Waals surface area contributed by atoms with Crippen molar-refractivity contribution in [2.45, 2.75) is 38.8 Å². The Kier molecular flexibility index (Phi) is 5.51. The van der Waals surface area contributed by atoms with E-state index >= 15 is 0 Å². The largest absolute Gasteiger partial charge is 0.508 e. The van der Waals surface area contributed by atoms with Crippen LogP contribution in [0.4, 0.5) is 4.79 Å². The van der Waals surface area contributed by atoms with Gasteiger partial charge in [-0.05, 0) is 47.9 Å². The lowest BCUT2D eigenvalue weighted by Gasteiger charge is -2.41. The molecule has 3 aromatic rings. The van der Waals surface area contributed by atoms with Gasteiger partial charge in [0.15, 0.2) is 0 Å². The van der Waals surface area contributed by atoms with E-state index in [4.69, 9.17) is 4.74 Å². The molecule has 5 rings (SSSR count). The molecule has 0 aliphatic carbocycles. The maximum atomic E-state index is 13.0. The molecule has 2 bridgehead atoms. The number of nitrogens with zero attached hydrogens (tertiary/aromatic N) is 3. The number of esters is 1. The standard InChI is InChI=1S/C26H27N3O5/c1-3-4-11-34-25(32)17-7-5-16(6-8-17)13-29-21-10-9-18(30)12-19(21)23-20-14-28(15-22(23)29)26(33)27(2)24(20)31/h5-10,12,20,30H,3-4,11,13-15H2,1-2H3/t20-/m0/s1. The number of fused-ring (bicyclic) bond motifs is 6. The number of phenols is 1. The van der Waals surface area contributed by atoms with E-state index < -0.39 is 5.92 Å². The molecule has 3 heterocycles. The number of carbonyl (C=O) groups is 3. The normalized spacial score (nSPS) is 17.3. The second kappa shape index (κ2) is 8.52. The van der Waals surface area contributed by atoms with Crippen LogP contribution in [0.1, 0.15) is 52.9 Å². The van der Waals surface area contributed by atoms with Gasteiger partial charge in [0, 0.05) is 36.7 Å². The molecule has 176 valence electrons. The van der Waals surface area contributed by atoms with Crippen molar-refractivity contribution >= 4 is 28.8 Å². The predicted molar refractivity (Wildman–Crippen MR) is 126 cm³/mol. The zero-order chi connectivity index (χ0) is 24.0. The van der Waals surface area contributed by atoms with Gasteiger partial charge in [0.1, 0.15) is 5.75 Å². The Balaban J connectivity index is 1.51. The summed E-state index contributed by atoms with van der Waals surface area (Å²) in [5.41, 5.74) is 4.14. The first-order valence-corrected chi connectivity index (χ1v) is 11.6. The van der Waals surface area contributed by atoms with E-state index in [2.05, 4.69) is 4.57 Å². The van der Waals surface area contributed by atoms with E-state index in [1.54, 1.807) is 29.2 Å². The average molecular weight is 462 g/mol. The minimum atomic E-state index is -0.461. The number of ether oxygens (including phenoxy) is 1. The number of imide groups is 1. The number of aromatic hydroxyl groups is 1. The van der Waals surface area contributed by atoms with Gasteiger partial charge >= 0.3 is 12.0 Å². The van der Waals surface area contributed by atoms with Crippen molar-refractivity contribution in [3.63, 3.8) is 0 Å². The Labute approximate surface area is 197 Å². The Hall–Kier alpha value is -3.81. The number of amides is 3. The van der Waals surface area contributed by atoms with E-state index in [0.29, 0.717) is 31.8 Å². The van der Waals surface area contributed by atoms with Crippen LogP contribution in [-0.4, -0.2) is 57.6 Å². The molecule has 3 amide bonds. The summed E-state index contributed by atoms with van der Waals surface area (Å²) in [6.45, 7) is 3.69. The molecule has 34 heavy (non-hydrogen) atoms. The first-order chi connectivity index (χ1) is 16.4. The Morgan fingerprint density at radius 3 is 2.65 bits per heavy atom. The van der Waals surface area contributed by atoms with Crippen LogP contribution in [0.25, 0.3) is 10.9 Å². The summed E-state index contributed by atoms with van der Waals surface area (Å²) >= 11 is 0. The predicted octanol–water partition coefficient (Wildman–Crippen LogP) is 3.84. The zero-order valence-electron chi connectivity index (χ0n) is 19.3. The quantitative estimate of drug-likeness (QED) is 0.445. The Morgan fingerprint density at radius 1 is 1.15 bits per heavy atom. The molecular formula is C26H27N3O5. The molecule has 8 heteroatoms. The van der Waals surface area contributed by atoms with Crippen LogP contribution in [0.3, 0.4) is 0 Å². The summed E-state index contributed by atoms with van der Waals surface area (Å²) in [5, 5.41) is 11.0. The number of benzene rings is 2. The Bertz CT molecular complexity index is 1290. The van der Waals surface area contributed by atoms with Crippen molar-refractivity contribution in [1.82, 2.24) is 14.4 Å². The number of likely N-dealkylation sites (N-methyl/N-ethyl adjacent to an activating group) is 1. The third kappa shape index (κ3) is 3.59. The summed E-state index contributed by atoms with van der Waals surface area (Å²) in [4.78, 5) is 40.7. The van der Waals surface area contributed by atoms with Crippen LogP contribution in [0.5, 0.6) is 5.75 Å². The van der Waals surface area contributed by atoms with Crippen molar-refractivity contribution in [3.8, 4) is 5.75 Å². The van der Waals surface area contributed by atoms with Crippen molar-refractivity contribution in [2.24, 2.45) is 0 Å². The van der Waals surface area contributed by atoms with Crippen molar-refractivity contribution in [3.05, 3.63) is 64.8 Å². The fourth-order valence-electron chi connectivity index (χ4n) is 4.93. The molecule has 0 spiro atoms. The molecule has 0 saturated carbocycles. The van der Waals surface area contributed by atoms with Crippen molar-refractivity contribution in [1.29, 1.82) is 0 Å². The van der Waals surface area contributed by atoms with Gasteiger partial charge in [0.25, 0.3) is 0 Å². The van der Waals surface area contributed by atoms with Gasteiger partial charge in [-0.2, -0.15) is 0 Å². The highest BCUT2D eigenvalue weighted by Gasteiger charge is 2.44. The number of aromatic nitrogens is 1. The molecule has 0 radical (unpaired) electrons. The lowest BCUT2D eigenvalue weighted by molar-refractivity contribution is -0.132. The van der Waals surface area contributed by atoms with Crippen molar-refractivity contribution in [2.75, 3.05) is 20.2 Å². The molecule has 1 N–H and O–H groups in total. The Morgan fingerprint density at radius 2 is 1.91 bits per heavy atom. The summed E-state index contributed by atoms with van der Waals surface area (Å²) < 4.78 is 7.39. The molecule has 1 atom stereocenters. The highest BCUT2D eigenvalue weighted by molar-refractivity contribution is 6.04. The summed E-state index contributed by atoms with van der Waals surface area (Å²) in [5.74, 6) is -0.887. The number of hydrogen-bond acceptors (Lipinski definition) is 5. The van der Waals surface area contributed by atoms with Crippen LogP contribution in [0.15, 0.2) is 42.5 Å². The van der Waals surface area contributed by atoms with Crippen LogP contribution in [0, 0.1) is 0 Å². The molecule has 1 fully saturated rings. The number of carbonyl (C=O) groups excluding carboxylic acids is 3. The number of phenolic OH excluding ortho intramolecular Hbond substituents is 1. The smallest absolute Gasteiger partial charge is 0.338 e. The second-order valence-electron chi connectivity index (χ2n) is 8.95. The lowest BCUT2D eigenvalue weighted by atomic mass is 9.89. The lowest BCUT2D eigenvalue weighted by Crippen LogP contribution is -2.56. The monoisotopic (exact) mass is 461 g/mol. The highest BCUT2D eigenvalue weighted by Crippen LogP contribution is 2.41. The third-order valence-corrected chi connectivity index (χ3v) is 6.74. The van der Waals surface area contributed by atoms with Gasteiger partial charge in [-0.1, -0.05) is 25.5 Å². The third-order valence-electron chi connectivity index (χ3n) is 6.74. The molecule has 2 aliphatic heterocycles. The maximum Gasteiger partial charge on any atom is 0.338 e. The van der Waals surface area contributed by atoms with Gasteiger partial charge in [-0.3, -0.25) is 9.69 Å². The minimum Gasteiger partial charge on any atom is -0.508 e. The average Bonchev–Trinajstić information content (AvgIpc) is 3.14. The van der Waals surface area contributed by atoms with E-state index in [0.717, 1.165) is 40.6 Å². The second-order valence-corrected chi connectivity index (χ2v) is 8.95. The highest BCUT2D eigenvalue weighted by atomic mass is 16.5. The fraction of sp³-hybridized carbons (Fsp3) is 0.346. The van der Waals surface area contributed by atoms with E-state index in [-0.39, 0.29) is 23.7 Å². The number of unbranched alkanes of at least 4 members (excludes halogenated alkanes) is 1. The molecular weight excluding hydrogens is 434 g/mol. The van der Waals surface area contributed by atoms with Crippen LogP contribution >= 0.6 is 0 Å². The van der Waals surface area contributed by atoms with E-state index in [9.17, 15) is 19.5 Å². The first-order valence-electron chi connectivity index (χ1n) is 11.6. The summed E-state index contributed by atoms with van der Waals surface area (Å²) in [6.07, 6.45) is 1.80. The summed E-state index contributed by atoms with van der Waals surface area (Å²) in [7, 11) is 1.51. The fourth-order valence-corrected chi connectivity index (χ4v) is 4.93. The van der Waals surface area contributed by atoms with Gasteiger partial charge in [-0.25, -0.2) is 9.59 Å². The molecule has 2 aliphatic rings. The van der Waals surface area contributed by atoms with E-state index in [1.807, 2.05) is 25.1 Å². The number of rotatable bonds is 6. The molecule has 1 saturated heterocycles. The van der Waals surface area contributed by atoms with Gasteiger partial charge in [0.05, 0.1) is 24.6 Å². The van der Waals surface area contributed by atoms with Crippen LogP contribution < -0.4 is 0 Å². The van der Waals surface area contributed by atoms with Gasteiger partial charge in [0.2, 0.25) is 5.91 Å². The molecule has 0 unspecified atom stereocenters. The van der Waals surface area contributed by atoms with Crippen LogP contribution in [0.2, 0.25) is 0 Å². The van der Waals surface area contributed by atoms with Crippen molar-refractivity contribution < 1.29 is 24.2 Å². The molecule has 2 aromatic carbocycles. The molecule has 8 nitrogen and oxygen atoms in total. The molecule has 1 aromatic heterocycles. The maximum absolute atomic E-state index is 13.0. The van der Waals surface area contributed by atoms with Crippen LogP contribution in [-0.2, 0) is 22.6 Å². The zero-order valence-corrected chi connectivity index (χ0v) is 19.3. The SMILES string of the molecule is CCCCOC(=O)c1ccc(Cn2c3c(c4cc(O)ccc42)[C@@H]2CN(C3)C(=O)N(C)C2=O)cc1. The first kappa shape index (κ1) is 22.0. The number of hydrogen-bond donors (Lipinski definition) is 1. The van der Waals surface area contributed by atoms with Gasteiger partial charge in [-0.15, -0.1) is 0 Å². The van der Waals surface area contributed by atoms with Gasteiger partial charge < -0.3 is 19.3 Å². The minimum absolute atomic E-state index is 0.133. The summed E-state index contributed by atoms with van der Waals surface area (Å²) in [6, 6.07) is 12.2.